The Bertz CT molecular complexity index is 756. The highest BCUT2D eigenvalue weighted by molar-refractivity contribution is 5.93. The Hall–Kier alpha value is -2.18. The molecule has 7 heteroatoms. The number of hydrogen-bond acceptors (Lipinski definition) is 5. The van der Waals surface area contributed by atoms with Crippen LogP contribution in [0.5, 0.6) is 5.75 Å². The summed E-state index contributed by atoms with van der Waals surface area (Å²) in [5, 5.41) is 0. The lowest BCUT2D eigenvalue weighted by atomic mass is 9.89. The SMILES string of the molecule is COc1ccc([C@@H]2[C@@H]3CN(C(=O)c4cncnc4)C[C@@H]3CN2C)cc1.Cl. The van der Waals surface area contributed by atoms with Gasteiger partial charge in [-0.2, -0.15) is 0 Å². The Balaban J connectivity index is 0.00000196. The average molecular weight is 375 g/mol. The zero-order valence-corrected chi connectivity index (χ0v) is 15.7. The zero-order chi connectivity index (χ0) is 17.4. The van der Waals surface area contributed by atoms with E-state index in [2.05, 4.69) is 34.0 Å². The molecule has 3 heterocycles. The van der Waals surface area contributed by atoms with Crippen LogP contribution in [0.4, 0.5) is 0 Å². The summed E-state index contributed by atoms with van der Waals surface area (Å²) < 4.78 is 5.26. The van der Waals surface area contributed by atoms with Gasteiger partial charge in [0.25, 0.3) is 5.91 Å². The van der Waals surface area contributed by atoms with E-state index in [4.69, 9.17) is 4.74 Å². The Morgan fingerprint density at radius 2 is 1.81 bits per heavy atom. The average Bonchev–Trinajstić information content (AvgIpc) is 3.18. The van der Waals surface area contributed by atoms with Crippen molar-refractivity contribution in [3.05, 3.63) is 54.1 Å². The highest BCUT2D eigenvalue weighted by Crippen LogP contribution is 2.44. The molecule has 2 fully saturated rings. The van der Waals surface area contributed by atoms with Crippen LogP contribution in [0.3, 0.4) is 0 Å². The van der Waals surface area contributed by atoms with Gasteiger partial charge in [0.2, 0.25) is 0 Å². The summed E-state index contributed by atoms with van der Waals surface area (Å²) in [6.07, 6.45) is 4.64. The summed E-state index contributed by atoms with van der Waals surface area (Å²) in [6, 6.07) is 8.63. The van der Waals surface area contributed by atoms with Crippen molar-refractivity contribution in [2.45, 2.75) is 6.04 Å². The molecule has 2 aromatic rings. The number of amides is 1. The second-order valence-corrected chi connectivity index (χ2v) is 6.92. The van der Waals surface area contributed by atoms with E-state index in [0.29, 0.717) is 23.4 Å². The van der Waals surface area contributed by atoms with Crippen LogP contribution < -0.4 is 4.74 Å². The summed E-state index contributed by atoms with van der Waals surface area (Å²) in [7, 11) is 3.85. The number of likely N-dealkylation sites (tertiary alicyclic amines) is 2. The standard InChI is InChI=1S/C19H22N4O2.ClH/c1-22-9-15-10-23(19(24)14-7-20-12-21-8-14)11-17(15)18(22)13-3-5-16(25-2)6-4-13;/h3-8,12,15,17-18H,9-11H2,1-2H3;1H/t15-,17+,18+;/m0./s1. The van der Waals surface area contributed by atoms with E-state index in [9.17, 15) is 4.79 Å². The minimum atomic E-state index is 0. The third-order valence-electron chi connectivity index (χ3n) is 5.45. The van der Waals surface area contributed by atoms with E-state index >= 15 is 0 Å². The quantitative estimate of drug-likeness (QED) is 0.825. The molecule has 3 atom stereocenters. The third-order valence-corrected chi connectivity index (χ3v) is 5.45. The van der Waals surface area contributed by atoms with Crippen LogP contribution in [0.25, 0.3) is 0 Å². The number of halogens is 1. The van der Waals surface area contributed by atoms with Crippen LogP contribution in [0.1, 0.15) is 22.0 Å². The number of carbonyl (C=O) groups is 1. The predicted molar refractivity (Wildman–Crippen MR) is 101 cm³/mol. The molecule has 138 valence electrons. The van der Waals surface area contributed by atoms with Crippen LogP contribution in [0, 0.1) is 11.8 Å². The lowest BCUT2D eigenvalue weighted by Gasteiger charge is -2.27. The van der Waals surface area contributed by atoms with Gasteiger partial charge in [-0.05, 0) is 30.7 Å². The van der Waals surface area contributed by atoms with Crippen LogP contribution in [0.2, 0.25) is 0 Å². The molecular formula is C19H23ClN4O2. The fourth-order valence-electron chi connectivity index (χ4n) is 4.32. The summed E-state index contributed by atoms with van der Waals surface area (Å²) in [6.45, 7) is 2.59. The molecule has 0 aliphatic carbocycles. The van der Waals surface area contributed by atoms with Gasteiger partial charge in [0.15, 0.2) is 0 Å². The number of nitrogens with zero attached hydrogens (tertiary/aromatic N) is 4. The first-order chi connectivity index (χ1) is 12.2. The number of carbonyl (C=O) groups excluding carboxylic acids is 1. The molecule has 2 aliphatic rings. The van der Waals surface area contributed by atoms with E-state index in [0.717, 1.165) is 25.4 Å². The van der Waals surface area contributed by atoms with Gasteiger partial charge in [-0.3, -0.25) is 9.69 Å². The summed E-state index contributed by atoms with van der Waals surface area (Å²) in [4.78, 5) is 25.0. The topological polar surface area (TPSA) is 58.6 Å². The summed E-state index contributed by atoms with van der Waals surface area (Å²) in [5.41, 5.74) is 1.85. The van der Waals surface area contributed by atoms with Crippen LogP contribution in [-0.4, -0.2) is 59.5 Å². The van der Waals surface area contributed by atoms with E-state index < -0.39 is 0 Å². The number of fused-ring (bicyclic) bond motifs is 1. The molecule has 2 saturated heterocycles. The van der Waals surface area contributed by atoms with Crippen LogP contribution in [0.15, 0.2) is 43.0 Å². The lowest BCUT2D eigenvalue weighted by Crippen LogP contribution is -2.33. The molecule has 0 N–H and O–H groups in total. The summed E-state index contributed by atoms with van der Waals surface area (Å²) >= 11 is 0. The van der Waals surface area contributed by atoms with Crippen molar-refractivity contribution in [1.29, 1.82) is 0 Å². The fraction of sp³-hybridized carbons (Fsp3) is 0.421. The molecule has 6 nitrogen and oxygen atoms in total. The maximum absolute atomic E-state index is 12.7. The molecule has 0 unspecified atom stereocenters. The first kappa shape index (κ1) is 18.6. The summed E-state index contributed by atoms with van der Waals surface area (Å²) in [5.74, 6) is 1.86. The smallest absolute Gasteiger partial charge is 0.257 e. The number of hydrogen-bond donors (Lipinski definition) is 0. The van der Waals surface area contributed by atoms with Gasteiger partial charge in [-0.15, -0.1) is 12.4 Å². The van der Waals surface area contributed by atoms with E-state index in [1.54, 1.807) is 19.5 Å². The van der Waals surface area contributed by atoms with Gasteiger partial charge < -0.3 is 9.64 Å². The Labute approximate surface area is 159 Å². The Kier molecular flexibility index (Phi) is 5.44. The van der Waals surface area contributed by atoms with Gasteiger partial charge in [-0.25, -0.2) is 9.97 Å². The van der Waals surface area contributed by atoms with Crippen molar-refractivity contribution in [1.82, 2.24) is 19.8 Å². The Morgan fingerprint density at radius 3 is 2.46 bits per heavy atom. The highest BCUT2D eigenvalue weighted by Gasteiger charge is 2.47. The van der Waals surface area contributed by atoms with Crippen molar-refractivity contribution in [2.24, 2.45) is 11.8 Å². The Morgan fingerprint density at radius 1 is 1.12 bits per heavy atom. The predicted octanol–water partition coefficient (Wildman–Crippen LogP) is 2.28. The number of benzene rings is 1. The second kappa shape index (κ2) is 7.60. The highest BCUT2D eigenvalue weighted by atomic mass is 35.5. The molecule has 26 heavy (non-hydrogen) atoms. The largest absolute Gasteiger partial charge is 0.497 e. The number of methoxy groups -OCH3 is 1. The van der Waals surface area contributed by atoms with E-state index in [1.807, 2.05) is 17.0 Å². The van der Waals surface area contributed by atoms with Crippen molar-refractivity contribution < 1.29 is 9.53 Å². The number of aromatic nitrogens is 2. The first-order valence-electron chi connectivity index (χ1n) is 8.56. The lowest BCUT2D eigenvalue weighted by molar-refractivity contribution is 0.0767. The minimum Gasteiger partial charge on any atom is -0.497 e. The van der Waals surface area contributed by atoms with Crippen molar-refractivity contribution >= 4 is 18.3 Å². The van der Waals surface area contributed by atoms with E-state index in [-0.39, 0.29) is 18.3 Å². The van der Waals surface area contributed by atoms with Gasteiger partial charge in [-0.1, -0.05) is 12.1 Å². The molecule has 1 aromatic heterocycles. The minimum absolute atomic E-state index is 0. The van der Waals surface area contributed by atoms with Gasteiger partial charge >= 0.3 is 0 Å². The van der Waals surface area contributed by atoms with Gasteiger partial charge in [0.1, 0.15) is 12.1 Å². The van der Waals surface area contributed by atoms with Gasteiger partial charge in [0.05, 0.1) is 12.7 Å². The number of ether oxygens (including phenoxy) is 1. The molecule has 4 rings (SSSR count). The normalized spacial score (nSPS) is 24.8. The van der Waals surface area contributed by atoms with Crippen LogP contribution in [-0.2, 0) is 0 Å². The van der Waals surface area contributed by atoms with Crippen molar-refractivity contribution in [2.75, 3.05) is 33.8 Å². The molecule has 1 aromatic carbocycles. The molecule has 0 saturated carbocycles. The zero-order valence-electron chi connectivity index (χ0n) is 14.9. The molecule has 0 radical (unpaired) electrons. The molecule has 2 aliphatic heterocycles. The molecule has 0 bridgehead atoms. The molecule has 0 spiro atoms. The van der Waals surface area contributed by atoms with Crippen LogP contribution >= 0.6 is 12.4 Å². The molecular weight excluding hydrogens is 352 g/mol. The van der Waals surface area contributed by atoms with Crippen molar-refractivity contribution in [3.63, 3.8) is 0 Å². The number of rotatable bonds is 3. The third kappa shape index (κ3) is 3.27. The van der Waals surface area contributed by atoms with E-state index in [1.165, 1.54) is 11.9 Å². The van der Waals surface area contributed by atoms with Gasteiger partial charge in [0, 0.05) is 44.0 Å². The fourth-order valence-corrected chi connectivity index (χ4v) is 4.32. The monoisotopic (exact) mass is 374 g/mol. The first-order valence-corrected chi connectivity index (χ1v) is 8.56. The second-order valence-electron chi connectivity index (χ2n) is 6.92. The maximum atomic E-state index is 12.7. The van der Waals surface area contributed by atoms with Crippen molar-refractivity contribution in [3.8, 4) is 5.75 Å². The molecule has 1 amide bonds. The maximum Gasteiger partial charge on any atom is 0.257 e.